The van der Waals surface area contributed by atoms with Crippen molar-refractivity contribution in [2.24, 2.45) is 11.8 Å². The molecule has 1 aromatic rings. The highest BCUT2D eigenvalue weighted by atomic mass is 32.1. The van der Waals surface area contributed by atoms with Crippen molar-refractivity contribution in [1.29, 1.82) is 0 Å². The quantitative estimate of drug-likeness (QED) is 0.850. The van der Waals surface area contributed by atoms with Crippen LogP contribution in [-0.2, 0) is 0 Å². The predicted molar refractivity (Wildman–Crippen MR) is 69.9 cm³/mol. The van der Waals surface area contributed by atoms with E-state index >= 15 is 0 Å². The Morgan fingerprint density at radius 3 is 2.56 bits per heavy atom. The predicted octanol–water partition coefficient (Wildman–Crippen LogP) is 3.46. The van der Waals surface area contributed by atoms with Crippen molar-refractivity contribution < 1.29 is 0 Å². The summed E-state index contributed by atoms with van der Waals surface area (Å²) in [6.45, 7) is 9.96. The van der Waals surface area contributed by atoms with Gasteiger partial charge in [-0.2, -0.15) is 0 Å². The molecule has 0 amide bonds. The highest BCUT2D eigenvalue weighted by molar-refractivity contribution is 7.11. The van der Waals surface area contributed by atoms with Gasteiger partial charge < -0.3 is 5.32 Å². The summed E-state index contributed by atoms with van der Waals surface area (Å²) in [4.78, 5) is 5.96. The summed E-state index contributed by atoms with van der Waals surface area (Å²) in [5.74, 6) is 1.81. The van der Waals surface area contributed by atoms with Crippen molar-refractivity contribution in [3.05, 3.63) is 15.6 Å². The second-order valence-electron chi connectivity index (χ2n) is 5.12. The smallest absolute Gasteiger partial charge is 0.0900 e. The van der Waals surface area contributed by atoms with E-state index in [0.717, 1.165) is 18.4 Å². The van der Waals surface area contributed by atoms with Gasteiger partial charge in [0.2, 0.25) is 0 Å². The van der Waals surface area contributed by atoms with Crippen LogP contribution in [-0.4, -0.2) is 11.5 Å². The van der Waals surface area contributed by atoms with Crippen LogP contribution in [0.2, 0.25) is 0 Å². The average molecular weight is 238 g/mol. The lowest BCUT2D eigenvalue weighted by Gasteiger charge is -2.16. The van der Waals surface area contributed by atoms with Gasteiger partial charge in [0.25, 0.3) is 0 Å². The van der Waals surface area contributed by atoms with Crippen LogP contribution in [0, 0.1) is 25.7 Å². The van der Waals surface area contributed by atoms with E-state index in [1.54, 1.807) is 11.3 Å². The molecule has 90 valence electrons. The first kappa shape index (κ1) is 12.1. The molecule has 1 N–H and O–H groups in total. The fourth-order valence-corrected chi connectivity index (χ4v) is 3.15. The van der Waals surface area contributed by atoms with Crippen LogP contribution in [0.15, 0.2) is 0 Å². The molecule has 0 radical (unpaired) electrons. The largest absolute Gasteiger partial charge is 0.309 e. The summed E-state index contributed by atoms with van der Waals surface area (Å²) < 4.78 is 0. The highest BCUT2D eigenvalue weighted by Crippen LogP contribution is 2.36. The molecule has 1 aliphatic rings. The minimum Gasteiger partial charge on any atom is -0.309 e. The summed E-state index contributed by atoms with van der Waals surface area (Å²) in [6.07, 6.45) is 2.87. The van der Waals surface area contributed by atoms with Crippen LogP contribution < -0.4 is 5.32 Å². The minimum atomic E-state index is 0.395. The Bertz CT molecular complexity index is 355. The summed E-state index contributed by atoms with van der Waals surface area (Å²) in [7, 11) is 0. The first-order valence-electron chi connectivity index (χ1n) is 6.25. The molecule has 0 bridgehead atoms. The van der Waals surface area contributed by atoms with Crippen molar-refractivity contribution in [2.45, 2.75) is 46.6 Å². The number of hydrogen-bond donors (Lipinski definition) is 1. The van der Waals surface area contributed by atoms with Crippen molar-refractivity contribution in [1.82, 2.24) is 10.3 Å². The van der Waals surface area contributed by atoms with Crippen LogP contribution in [0.1, 0.15) is 48.3 Å². The second kappa shape index (κ2) is 4.84. The molecule has 0 saturated heterocycles. The van der Waals surface area contributed by atoms with Crippen LogP contribution in [0.5, 0.6) is 0 Å². The standard InChI is InChI=1S/C13H22N2S/c1-8(12-5-6-12)7-14-9(2)13-10(3)16-11(4)15-13/h8-9,12,14H,5-7H2,1-4H3. The third-order valence-electron chi connectivity index (χ3n) is 3.52. The lowest BCUT2D eigenvalue weighted by atomic mass is 10.1. The molecule has 2 nitrogen and oxygen atoms in total. The zero-order chi connectivity index (χ0) is 11.7. The van der Waals surface area contributed by atoms with Gasteiger partial charge in [-0.1, -0.05) is 6.92 Å². The molecule has 1 aromatic heterocycles. The number of thiazole rings is 1. The molecule has 16 heavy (non-hydrogen) atoms. The Morgan fingerprint density at radius 2 is 2.06 bits per heavy atom. The summed E-state index contributed by atoms with van der Waals surface area (Å²) >= 11 is 1.80. The van der Waals surface area contributed by atoms with E-state index in [2.05, 4.69) is 38.0 Å². The third-order valence-corrected chi connectivity index (χ3v) is 4.42. The molecule has 1 saturated carbocycles. The van der Waals surface area contributed by atoms with E-state index in [0.29, 0.717) is 6.04 Å². The van der Waals surface area contributed by atoms with Crippen LogP contribution in [0.4, 0.5) is 0 Å². The Hall–Kier alpha value is -0.410. The van der Waals surface area contributed by atoms with Gasteiger partial charge in [0.1, 0.15) is 0 Å². The number of aryl methyl sites for hydroxylation is 2. The van der Waals surface area contributed by atoms with Crippen LogP contribution in [0.3, 0.4) is 0 Å². The third kappa shape index (κ3) is 2.83. The van der Waals surface area contributed by atoms with Gasteiger partial charge in [-0.25, -0.2) is 4.98 Å². The van der Waals surface area contributed by atoms with Crippen molar-refractivity contribution in [3.8, 4) is 0 Å². The lowest BCUT2D eigenvalue weighted by molar-refractivity contribution is 0.428. The van der Waals surface area contributed by atoms with Crippen molar-refractivity contribution >= 4 is 11.3 Å². The van der Waals surface area contributed by atoms with Gasteiger partial charge in [0.15, 0.2) is 0 Å². The van der Waals surface area contributed by atoms with E-state index in [1.807, 2.05) is 0 Å². The normalized spacial score (nSPS) is 19.8. The number of hydrogen-bond acceptors (Lipinski definition) is 3. The van der Waals surface area contributed by atoms with E-state index in [-0.39, 0.29) is 0 Å². The van der Waals surface area contributed by atoms with Crippen LogP contribution >= 0.6 is 11.3 Å². The van der Waals surface area contributed by atoms with Gasteiger partial charge in [0, 0.05) is 10.9 Å². The van der Waals surface area contributed by atoms with Crippen LogP contribution in [0.25, 0.3) is 0 Å². The topological polar surface area (TPSA) is 24.9 Å². The maximum absolute atomic E-state index is 4.60. The maximum atomic E-state index is 4.60. The molecule has 0 aliphatic heterocycles. The van der Waals surface area contributed by atoms with Crippen molar-refractivity contribution in [3.63, 3.8) is 0 Å². The first-order chi connectivity index (χ1) is 7.58. The number of aromatic nitrogens is 1. The van der Waals surface area contributed by atoms with E-state index in [4.69, 9.17) is 0 Å². The maximum Gasteiger partial charge on any atom is 0.0900 e. The zero-order valence-corrected chi connectivity index (χ0v) is 11.5. The first-order valence-corrected chi connectivity index (χ1v) is 7.07. The molecule has 1 aliphatic carbocycles. The highest BCUT2D eigenvalue weighted by Gasteiger charge is 2.28. The summed E-state index contributed by atoms with van der Waals surface area (Å²) in [6, 6.07) is 0.395. The molecule has 0 spiro atoms. The number of rotatable bonds is 5. The van der Waals surface area contributed by atoms with E-state index < -0.39 is 0 Å². The Labute approximate surface area is 102 Å². The lowest BCUT2D eigenvalue weighted by Crippen LogP contribution is -2.26. The molecule has 1 fully saturated rings. The fraction of sp³-hybridized carbons (Fsp3) is 0.769. The zero-order valence-electron chi connectivity index (χ0n) is 10.7. The average Bonchev–Trinajstić information content (AvgIpc) is 3.01. The van der Waals surface area contributed by atoms with Gasteiger partial charge in [-0.3, -0.25) is 0 Å². The van der Waals surface area contributed by atoms with Gasteiger partial charge in [-0.05, 0) is 52.0 Å². The summed E-state index contributed by atoms with van der Waals surface area (Å²) in [5, 5.41) is 4.80. The Balaban J connectivity index is 1.87. The molecule has 0 aromatic carbocycles. The minimum absolute atomic E-state index is 0.395. The molecule has 2 atom stereocenters. The molecule has 2 rings (SSSR count). The van der Waals surface area contributed by atoms with Gasteiger partial charge in [-0.15, -0.1) is 11.3 Å². The Morgan fingerprint density at radius 1 is 1.38 bits per heavy atom. The van der Waals surface area contributed by atoms with E-state index in [1.165, 1.54) is 28.4 Å². The second-order valence-corrected chi connectivity index (χ2v) is 6.53. The van der Waals surface area contributed by atoms with Gasteiger partial charge >= 0.3 is 0 Å². The number of nitrogens with one attached hydrogen (secondary N) is 1. The monoisotopic (exact) mass is 238 g/mol. The molecular formula is C13H22N2S. The van der Waals surface area contributed by atoms with Gasteiger partial charge in [0.05, 0.1) is 10.7 Å². The molecule has 1 heterocycles. The fourth-order valence-electron chi connectivity index (χ4n) is 2.24. The molecular weight excluding hydrogens is 216 g/mol. The van der Waals surface area contributed by atoms with E-state index in [9.17, 15) is 0 Å². The SMILES string of the molecule is Cc1nc(C(C)NCC(C)C2CC2)c(C)s1. The number of nitrogens with zero attached hydrogens (tertiary/aromatic N) is 1. The molecule has 2 unspecified atom stereocenters. The molecule has 3 heteroatoms. The van der Waals surface area contributed by atoms with Crippen molar-refractivity contribution in [2.75, 3.05) is 6.54 Å². The Kier molecular flexibility index (Phi) is 3.65. The summed E-state index contributed by atoms with van der Waals surface area (Å²) in [5.41, 5.74) is 1.24.